The zero-order chi connectivity index (χ0) is 27.0. The highest BCUT2D eigenvalue weighted by Gasteiger charge is 2.45. The van der Waals surface area contributed by atoms with Crippen molar-refractivity contribution in [1.82, 2.24) is 10.3 Å². The van der Waals surface area contributed by atoms with Crippen LogP contribution in [0.15, 0.2) is 67.0 Å². The van der Waals surface area contributed by atoms with Gasteiger partial charge in [-0.3, -0.25) is 9.78 Å². The topological polar surface area (TPSA) is 69.7 Å². The van der Waals surface area contributed by atoms with E-state index < -0.39 is 11.7 Å². The summed E-state index contributed by atoms with van der Waals surface area (Å²) in [5.74, 6) is 1.53. The van der Waals surface area contributed by atoms with Crippen molar-refractivity contribution in [2.45, 2.75) is 44.6 Å². The molecule has 0 bridgehead atoms. The lowest BCUT2D eigenvalue weighted by atomic mass is 9.63. The lowest BCUT2D eigenvalue weighted by Crippen LogP contribution is -2.46. The molecule has 0 atom stereocenters. The van der Waals surface area contributed by atoms with Gasteiger partial charge in [-0.25, -0.2) is 0 Å². The molecule has 0 aliphatic heterocycles. The van der Waals surface area contributed by atoms with Crippen molar-refractivity contribution >= 4 is 18.0 Å². The first-order chi connectivity index (χ1) is 18.2. The van der Waals surface area contributed by atoms with Crippen LogP contribution in [0.4, 0.5) is 13.2 Å². The molecule has 1 N–H and O–H groups in total. The number of nitrogens with zero attached hydrogens (tertiary/aromatic N) is 1. The molecule has 0 saturated heterocycles. The molecule has 4 rings (SSSR count). The van der Waals surface area contributed by atoms with Crippen molar-refractivity contribution in [1.29, 1.82) is 0 Å². The van der Waals surface area contributed by atoms with E-state index >= 15 is 0 Å². The summed E-state index contributed by atoms with van der Waals surface area (Å²) in [7, 11) is 0. The van der Waals surface area contributed by atoms with Crippen LogP contribution < -0.4 is 19.5 Å². The number of aromatic nitrogens is 1. The normalized spacial score (nSPS) is 18.8. The maximum Gasteiger partial charge on any atom is 0.418 e. The number of nitrogens with one attached hydrogen (secondary N) is 1. The Morgan fingerprint density at radius 2 is 1.79 bits per heavy atom. The molecule has 6 nitrogen and oxygen atoms in total. The summed E-state index contributed by atoms with van der Waals surface area (Å²) in [6.07, 6.45) is 0.997. The third kappa shape index (κ3) is 7.77. The number of carbonyl (C=O) groups excluding carboxylic acids is 1. The average Bonchev–Trinajstić information content (AvgIpc) is 2.87. The molecule has 1 saturated carbocycles. The fourth-order valence-electron chi connectivity index (χ4n) is 4.56. The number of carbonyl (C=O) groups is 1. The third-order valence-electron chi connectivity index (χ3n) is 6.57. The molecule has 0 unspecified atom stereocenters. The van der Waals surface area contributed by atoms with Crippen LogP contribution in [0, 0.1) is 5.41 Å². The van der Waals surface area contributed by atoms with Gasteiger partial charge in [0.05, 0.1) is 24.5 Å². The summed E-state index contributed by atoms with van der Waals surface area (Å²) in [5.41, 5.74) is -0.0375. The first-order valence-corrected chi connectivity index (χ1v) is 12.6. The number of halogens is 4. The van der Waals surface area contributed by atoms with Crippen LogP contribution in [0.1, 0.15) is 36.8 Å². The summed E-state index contributed by atoms with van der Waals surface area (Å²) in [5, 5.41) is 3.33. The van der Waals surface area contributed by atoms with Gasteiger partial charge in [0.2, 0.25) is 6.41 Å². The molecule has 1 amide bonds. The first-order valence-electron chi connectivity index (χ1n) is 12.2. The van der Waals surface area contributed by atoms with Crippen molar-refractivity contribution in [2.24, 2.45) is 5.41 Å². The zero-order valence-electron chi connectivity index (χ0n) is 20.5. The zero-order valence-corrected chi connectivity index (χ0v) is 21.3. The second-order valence-electron chi connectivity index (χ2n) is 9.37. The third-order valence-corrected chi connectivity index (χ3v) is 6.82. The van der Waals surface area contributed by atoms with Crippen molar-refractivity contribution < 1.29 is 32.2 Å². The van der Waals surface area contributed by atoms with Crippen molar-refractivity contribution in [2.75, 3.05) is 13.2 Å². The van der Waals surface area contributed by atoms with Crippen LogP contribution >= 0.6 is 11.6 Å². The van der Waals surface area contributed by atoms with Crippen molar-refractivity contribution in [3.05, 3.63) is 83.1 Å². The van der Waals surface area contributed by atoms with Crippen molar-refractivity contribution in [3.8, 4) is 17.2 Å². The lowest BCUT2D eigenvalue weighted by Gasteiger charge is -2.47. The number of amides is 1. The number of alkyl halides is 3. The van der Waals surface area contributed by atoms with Gasteiger partial charge >= 0.3 is 6.18 Å². The average molecular weight is 549 g/mol. The molecule has 1 fully saturated rings. The Balaban J connectivity index is 1.30. The van der Waals surface area contributed by atoms with E-state index in [2.05, 4.69) is 10.3 Å². The van der Waals surface area contributed by atoms with Gasteiger partial charge in [-0.1, -0.05) is 23.7 Å². The molecule has 2 aromatic carbocycles. The van der Waals surface area contributed by atoms with Crippen LogP contribution in [-0.2, 0) is 17.6 Å². The quantitative estimate of drug-likeness (QED) is 0.196. The summed E-state index contributed by atoms with van der Waals surface area (Å²) in [6.45, 7) is 1.11. The Labute approximate surface area is 224 Å². The highest BCUT2D eigenvalue weighted by Crippen LogP contribution is 2.48. The largest absolute Gasteiger partial charge is 0.492 e. The molecule has 1 heterocycles. The SMILES string of the molecule is O=CNCCC1(CCOc2cncc(C(F)(F)F)c2)CC(Oc2cccc(COc3ccc(Cl)cc3)c2)C1. The molecule has 0 radical (unpaired) electrons. The molecule has 1 aliphatic carbocycles. The van der Waals surface area contributed by atoms with Crippen LogP contribution in [0.3, 0.4) is 0 Å². The molecule has 1 aromatic heterocycles. The minimum atomic E-state index is -4.48. The lowest BCUT2D eigenvalue weighted by molar-refractivity contribution is -0.138. The maximum absolute atomic E-state index is 12.9. The van der Waals surface area contributed by atoms with Gasteiger partial charge in [0, 0.05) is 17.8 Å². The molecule has 202 valence electrons. The summed E-state index contributed by atoms with van der Waals surface area (Å²) in [6, 6.07) is 15.8. The molecular formula is C28H28ClF3N2O4. The molecule has 38 heavy (non-hydrogen) atoms. The van der Waals surface area contributed by atoms with E-state index in [1.165, 1.54) is 6.20 Å². The number of benzene rings is 2. The Bertz CT molecular complexity index is 1200. The van der Waals surface area contributed by atoms with Gasteiger partial charge in [0.1, 0.15) is 23.9 Å². The monoisotopic (exact) mass is 548 g/mol. The first kappa shape index (κ1) is 27.6. The minimum Gasteiger partial charge on any atom is -0.492 e. The van der Waals surface area contributed by atoms with E-state index in [0.29, 0.717) is 37.4 Å². The van der Waals surface area contributed by atoms with Crippen LogP contribution in [0.5, 0.6) is 17.2 Å². The van der Waals surface area contributed by atoms with Gasteiger partial charge in [-0.05, 0) is 79.1 Å². The highest BCUT2D eigenvalue weighted by molar-refractivity contribution is 6.30. The van der Waals surface area contributed by atoms with E-state index in [1.54, 1.807) is 12.1 Å². The second kappa shape index (κ2) is 12.4. The maximum atomic E-state index is 12.9. The van der Waals surface area contributed by atoms with E-state index in [-0.39, 0.29) is 23.9 Å². The van der Waals surface area contributed by atoms with E-state index in [9.17, 15) is 18.0 Å². The molecule has 10 heteroatoms. The molecule has 1 aliphatic rings. The van der Waals surface area contributed by atoms with Gasteiger partial charge in [-0.15, -0.1) is 0 Å². The van der Waals surface area contributed by atoms with E-state index in [1.807, 2.05) is 36.4 Å². The fraction of sp³-hybridized carbons (Fsp3) is 0.357. The van der Waals surface area contributed by atoms with Crippen LogP contribution in [0.2, 0.25) is 5.02 Å². The van der Waals surface area contributed by atoms with Crippen LogP contribution in [-0.4, -0.2) is 30.6 Å². The summed E-state index contributed by atoms with van der Waals surface area (Å²) < 4.78 is 56.4. The van der Waals surface area contributed by atoms with Crippen molar-refractivity contribution in [3.63, 3.8) is 0 Å². The molecule has 0 spiro atoms. The number of hydrogen-bond acceptors (Lipinski definition) is 5. The van der Waals surface area contributed by atoms with Crippen LogP contribution in [0.25, 0.3) is 0 Å². The molecular weight excluding hydrogens is 521 g/mol. The fourth-order valence-corrected chi connectivity index (χ4v) is 4.68. The smallest absolute Gasteiger partial charge is 0.418 e. The number of pyridine rings is 1. The summed E-state index contributed by atoms with van der Waals surface area (Å²) >= 11 is 5.91. The number of ether oxygens (including phenoxy) is 3. The van der Waals surface area contributed by atoms with E-state index in [0.717, 1.165) is 42.2 Å². The second-order valence-corrected chi connectivity index (χ2v) is 9.80. The Kier molecular flexibility index (Phi) is 8.99. The van der Waals surface area contributed by atoms with Gasteiger partial charge < -0.3 is 19.5 Å². The summed E-state index contributed by atoms with van der Waals surface area (Å²) in [4.78, 5) is 14.4. The standard InChI is InChI=1S/C28H28ClF3N2O4/c29-22-4-6-23(7-5-22)37-18-20-2-1-3-24(12-20)38-26-14-27(15-26,8-10-33-19-35)9-11-36-25-13-21(16-34-17-25)28(30,31)32/h1-7,12-13,16-17,19,26H,8-11,14-15,18H2,(H,33,35). The number of hydrogen-bond donors (Lipinski definition) is 1. The van der Waals surface area contributed by atoms with Gasteiger partial charge in [0.25, 0.3) is 0 Å². The predicted octanol–water partition coefficient (Wildman–Crippen LogP) is 6.47. The van der Waals surface area contributed by atoms with E-state index in [4.69, 9.17) is 25.8 Å². The predicted molar refractivity (Wildman–Crippen MR) is 136 cm³/mol. The number of rotatable bonds is 13. The highest BCUT2D eigenvalue weighted by atomic mass is 35.5. The Hall–Kier alpha value is -3.46. The Morgan fingerprint density at radius 1 is 1.00 bits per heavy atom. The van der Waals surface area contributed by atoms with Gasteiger partial charge in [-0.2, -0.15) is 13.2 Å². The Morgan fingerprint density at radius 3 is 2.53 bits per heavy atom. The molecule has 3 aromatic rings. The minimum absolute atomic E-state index is 0.0195. The van der Waals surface area contributed by atoms with Gasteiger partial charge in [0.15, 0.2) is 0 Å².